The molecule has 204 valence electrons. The fraction of sp³-hybridized carbons (Fsp3) is 0.500. The Morgan fingerprint density at radius 1 is 1.21 bits per heavy atom. The molecule has 8 heteroatoms. The molecule has 1 amide bonds. The molecule has 1 saturated heterocycles. The Morgan fingerprint density at radius 2 is 2.00 bits per heavy atom. The van der Waals surface area contributed by atoms with E-state index in [1.54, 1.807) is 11.9 Å². The number of nitrogens with one attached hydrogen (secondary N) is 2. The zero-order valence-corrected chi connectivity index (χ0v) is 23.3. The number of carbonyl (C=O) groups is 1. The quantitative estimate of drug-likeness (QED) is 0.338. The third-order valence-corrected chi connectivity index (χ3v) is 8.64. The summed E-state index contributed by atoms with van der Waals surface area (Å²) in [4.78, 5) is 13.8. The largest absolute Gasteiger partial charge is 0.390 e. The van der Waals surface area contributed by atoms with Crippen LogP contribution in [0.25, 0.3) is 10.9 Å². The molecule has 3 N–H and O–H groups in total. The van der Waals surface area contributed by atoms with Gasteiger partial charge in [0.15, 0.2) is 0 Å². The summed E-state index contributed by atoms with van der Waals surface area (Å²) in [6.45, 7) is 5.07. The van der Waals surface area contributed by atoms with E-state index in [0.717, 1.165) is 67.8 Å². The van der Waals surface area contributed by atoms with E-state index >= 15 is 0 Å². The first-order valence-electron chi connectivity index (χ1n) is 13.9. The van der Waals surface area contributed by atoms with Crippen LogP contribution in [0.1, 0.15) is 47.7 Å². The standard InChI is InChI=1S/C30H40N4O3S/c1-3-7-22-20-34-12-15-38-33(2)27-18-23(17-25(22)29(27)34)30(36)32-26(16-21-8-5-4-6-9-21)28(35)19-31-24-10-13-37-14-11-24/h4-6,8-9,17-18,20,24,26,28,31,35H,3,7,10-16,19H2,1-2H3,(H,32,36)/t26-,28+/m0/s1. The van der Waals surface area contributed by atoms with Gasteiger partial charge in [0.2, 0.25) is 0 Å². The number of carbonyl (C=O) groups excluding carboxylic acids is 1. The molecule has 0 bridgehead atoms. The number of hydrogen-bond acceptors (Lipinski definition) is 6. The molecule has 7 nitrogen and oxygen atoms in total. The second-order valence-electron chi connectivity index (χ2n) is 10.5. The molecule has 2 atom stereocenters. The number of nitrogens with zero attached hydrogens (tertiary/aromatic N) is 2. The van der Waals surface area contributed by atoms with Crippen molar-refractivity contribution in [3.8, 4) is 0 Å². The van der Waals surface area contributed by atoms with E-state index in [9.17, 15) is 9.90 Å². The normalized spacial score (nSPS) is 17.8. The lowest BCUT2D eigenvalue weighted by Crippen LogP contribution is -2.50. The third kappa shape index (κ3) is 6.20. The van der Waals surface area contributed by atoms with Crippen LogP contribution in [0.4, 0.5) is 5.69 Å². The van der Waals surface area contributed by atoms with Crippen LogP contribution < -0.4 is 14.9 Å². The number of ether oxygens (including phenoxy) is 1. The Morgan fingerprint density at radius 3 is 2.76 bits per heavy atom. The van der Waals surface area contributed by atoms with Crippen molar-refractivity contribution in [3.63, 3.8) is 0 Å². The van der Waals surface area contributed by atoms with Crippen molar-refractivity contribution in [2.24, 2.45) is 0 Å². The number of aliphatic hydroxyl groups excluding tert-OH is 1. The molecule has 3 aromatic rings. The van der Waals surface area contributed by atoms with E-state index in [4.69, 9.17) is 4.74 Å². The lowest BCUT2D eigenvalue weighted by atomic mass is 9.99. The number of aromatic nitrogens is 1. The minimum absolute atomic E-state index is 0.146. The number of aryl methyl sites for hydroxylation is 2. The SMILES string of the molecule is CCCc1cn2c3c(cc(C(=O)N[C@@H](Cc4ccccc4)[C@H](O)CNC4CCOCC4)cc13)N(C)SCC2. The first-order chi connectivity index (χ1) is 18.5. The highest BCUT2D eigenvalue weighted by Gasteiger charge is 2.26. The van der Waals surface area contributed by atoms with E-state index in [1.807, 2.05) is 42.5 Å². The molecule has 38 heavy (non-hydrogen) atoms. The van der Waals surface area contributed by atoms with Crippen LogP contribution in [0.2, 0.25) is 0 Å². The molecule has 0 saturated carbocycles. The van der Waals surface area contributed by atoms with Gasteiger partial charge in [0.05, 0.1) is 23.3 Å². The highest BCUT2D eigenvalue weighted by molar-refractivity contribution is 8.00. The van der Waals surface area contributed by atoms with Crippen molar-refractivity contribution in [2.75, 3.05) is 36.9 Å². The average molecular weight is 537 g/mol. The van der Waals surface area contributed by atoms with Gasteiger partial charge >= 0.3 is 0 Å². The number of hydrogen-bond donors (Lipinski definition) is 3. The molecule has 2 aliphatic heterocycles. The van der Waals surface area contributed by atoms with Crippen LogP contribution in [0.15, 0.2) is 48.7 Å². The monoisotopic (exact) mass is 536 g/mol. The maximum Gasteiger partial charge on any atom is 0.251 e. The van der Waals surface area contributed by atoms with Gasteiger partial charge in [-0.15, -0.1) is 0 Å². The molecule has 3 heterocycles. The zero-order chi connectivity index (χ0) is 26.5. The molecular weight excluding hydrogens is 496 g/mol. The van der Waals surface area contributed by atoms with Crippen molar-refractivity contribution in [3.05, 3.63) is 65.4 Å². The number of amides is 1. The molecule has 2 aromatic carbocycles. The molecule has 0 unspecified atom stereocenters. The van der Waals surface area contributed by atoms with E-state index in [0.29, 0.717) is 24.6 Å². The first-order valence-corrected chi connectivity index (χ1v) is 14.8. The topological polar surface area (TPSA) is 78.8 Å². The Hall–Kier alpha value is -2.52. The van der Waals surface area contributed by atoms with Crippen molar-refractivity contribution in [1.82, 2.24) is 15.2 Å². The minimum atomic E-state index is -0.720. The van der Waals surface area contributed by atoms with Crippen LogP contribution in [0.5, 0.6) is 0 Å². The maximum absolute atomic E-state index is 13.8. The minimum Gasteiger partial charge on any atom is -0.390 e. The summed E-state index contributed by atoms with van der Waals surface area (Å²) >= 11 is 1.78. The Labute approximate surface area is 230 Å². The second kappa shape index (κ2) is 12.6. The Balaban J connectivity index is 1.40. The number of anilines is 1. The van der Waals surface area contributed by atoms with Gasteiger partial charge in [-0.3, -0.25) is 4.79 Å². The van der Waals surface area contributed by atoms with Gasteiger partial charge in [-0.2, -0.15) is 0 Å². The van der Waals surface area contributed by atoms with E-state index in [-0.39, 0.29) is 5.91 Å². The number of aliphatic hydroxyl groups is 1. The van der Waals surface area contributed by atoms with Gasteiger partial charge in [0.25, 0.3) is 5.91 Å². The fourth-order valence-electron chi connectivity index (χ4n) is 5.58. The van der Waals surface area contributed by atoms with Crippen LogP contribution >= 0.6 is 11.9 Å². The smallest absolute Gasteiger partial charge is 0.251 e. The highest BCUT2D eigenvalue weighted by atomic mass is 32.2. The maximum atomic E-state index is 13.8. The molecule has 1 aromatic heterocycles. The molecular formula is C30H40N4O3S. The van der Waals surface area contributed by atoms with Gasteiger partial charge < -0.3 is 29.3 Å². The van der Waals surface area contributed by atoms with Crippen molar-refractivity contribution >= 4 is 34.4 Å². The van der Waals surface area contributed by atoms with Crippen LogP contribution in [0.3, 0.4) is 0 Å². The van der Waals surface area contributed by atoms with Crippen LogP contribution in [-0.2, 0) is 24.1 Å². The van der Waals surface area contributed by atoms with Gasteiger partial charge in [-0.05, 0) is 60.9 Å². The summed E-state index contributed by atoms with van der Waals surface area (Å²) in [6.07, 6.45) is 6.03. The van der Waals surface area contributed by atoms with Gasteiger partial charge in [0.1, 0.15) is 0 Å². The predicted octanol–water partition coefficient (Wildman–Crippen LogP) is 4.16. The average Bonchev–Trinajstić information content (AvgIpc) is 3.20. The summed E-state index contributed by atoms with van der Waals surface area (Å²) < 4.78 is 9.99. The zero-order valence-electron chi connectivity index (χ0n) is 22.5. The van der Waals surface area contributed by atoms with Gasteiger partial charge in [0, 0.05) is 62.3 Å². The van der Waals surface area contributed by atoms with Crippen LogP contribution in [-0.4, -0.2) is 66.3 Å². The van der Waals surface area contributed by atoms with E-state index < -0.39 is 12.1 Å². The molecule has 0 radical (unpaired) electrons. The Kier molecular flexibility index (Phi) is 8.94. The lowest BCUT2D eigenvalue weighted by Gasteiger charge is -2.28. The lowest BCUT2D eigenvalue weighted by molar-refractivity contribution is 0.0657. The van der Waals surface area contributed by atoms with Crippen LogP contribution in [0, 0.1) is 0 Å². The van der Waals surface area contributed by atoms with Crippen molar-refractivity contribution in [1.29, 1.82) is 0 Å². The Bertz CT molecular complexity index is 1230. The van der Waals surface area contributed by atoms with Crippen molar-refractivity contribution in [2.45, 2.75) is 63.8 Å². The third-order valence-electron chi connectivity index (χ3n) is 7.69. The summed E-state index contributed by atoms with van der Waals surface area (Å²) in [7, 11) is 2.08. The second-order valence-corrected chi connectivity index (χ2v) is 11.7. The van der Waals surface area contributed by atoms with E-state index in [1.165, 1.54) is 11.1 Å². The highest BCUT2D eigenvalue weighted by Crippen LogP contribution is 2.37. The van der Waals surface area contributed by atoms with Gasteiger partial charge in [-0.25, -0.2) is 0 Å². The molecule has 0 spiro atoms. The summed E-state index contributed by atoms with van der Waals surface area (Å²) in [5.41, 5.74) is 5.29. The number of benzene rings is 2. The fourth-order valence-corrected chi connectivity index (χ4v) is 6.41. The molecule has 1 fully saturated rings. The first kappa shape index (κ1) is 27.1. The number of rotatable bonds is 10. The van der Waals surface area contributed by atoms with Gasteiger partial charge in [-0.1, -0.05) is 43.7 Å². The summed E-state index contributed by atoms with van der Waals surface area (Å²) in [6, 6.07) is 14.0. The summed E-state index contributed by atoms with van der Waals surface area (Å²) in [5, 5.41) is 19.1. The molecule has 2 aliphatic rings. The summed E-state index contributed by atoms with van der Waals surface area (Å²) in [5.74, 6) is 0.847. The molecule has 5 rings (SSSR count). The predicted molar refractivity (Wildman–Crippen MR) is 156 cm³/mol. The molecule has 0 aliphatic carbocycles. The van der Waals surface area contributed by atoms with Crippen molar-refractivity contribution < 1.29 is 14.6 Å². The van der Waals surface area contributed by atoms with E-state index in [2.05, 4.69) is 39.7 Å².